The van der Waals surface area contributed by atoms with Gasteiger partial charge in [-0.15, -0.1) is 0 Å². The Morgan fingerprint density at radius 2 is 2.04 bits per heavy atom. The van der Waals surface area contributed by atoms with E-state index in [1.807, 2.05) is 17.1 Å². The third-order valence-electron chi connectivity index (χ3n) is 4.45. The van der Waals surface area contributed by atoms with Gasteiger partial charge in [0.2, 0.25) is 0 Å². The molecule has 6 nitrogen and oxygen atoms in total. The van der Waals surface area contributed by atoms with Crippen LogP contribution < -0.4 is 11.2 Å². The first-order chi connectivity index (χ1) is 11.2. The van der Waals surface area contributed by atoms with Crippen molar-refractivity contribution in [3.05, 3.63) is 36.8 Å². The van der Waals surface area contributed by atoms with Gasteiger partial charge in [-0.05, 0) is 23.3 Å². The van der Waals surface area contributed by atoms with Crippen LogP contribution in [0.1, 0.15) is 50.8 Å². The second kappa shape index (κ2) is 7.02. The van der Waals surface area contributed by atoms with Crippen LogP contribution in [0.4, 0.5) is 0 Å². The quantitative estimate of drug-likeness (QED) is 0.745. The Morgan fingerprint density at radius 3 is 2.70 bits per heavy atom. The van der Waals surface area contributed by atoms with Crippen molar-refractivity contribution in [1.82, 2.24) is 19.1 Å². The highest BCUT2D eigenvalue weighted by Crippen LogP contribution is 2.32. The number of aromatic nitrogens is 4. The van der Waals surface area contributed by atoms with Crippen LogP contribution >= 0.6 is 22.6 Å². The molecule has 1 fully saturated rings. The van der Waals surface area contributed by atoms with Crippen LogP contribution in [0, 0.1) is 0 Å². The topological polar surface area (TPSA) is 72.7 Å². The molecule has 0 aromatic carbocycles. The molecule has 0 amide bonds. The van der Waals surface area contributed by atoms with E-state index in [4.69, 9.17) is 0 Å². The molecular weight excluding hydrogens is 407 g/mol. The summed E-state index contributed by atoms with van der Waals surface area (Å²) >= 11 is 2.13. The molecule has 1 saturated carbocycles. The minimum Gasteiger partial charge on any atom is -0.336 e. The molecule has 1 aliphatic carbocycles. The Bertz CT molecular complexity index is 840. The fourth-order valence-corrected chi connectivity index (χ4v) is 3.54. The van der Waals surface area contributed by atoms with E-state index in [1.54, 1.807) is 4.57 Å². The van der Waals surface area contributed by atoms with Gasteiger partial charge >= 0.3 is 5.69 Å². The zero-order chi connectivity index (χ0) is 16.4. The maximum absolute atomic E-state index is 12.7. The fourth-order valence-electron chi connectivity index (χ4n) is 3.31. The molecule has 2 aromatic heterocycles. The number of halogens is 1. The standard InChI is InChI=1S/C16H21IN4O2/c1-2-9-21-15(22)12-14(20(16(21)23)10-5-8-17)19-13(18-12)11-6-3-4-7-11/h5,8,11H,2-4,6-7,9-10H2,1H3,(H,18,19)/b8-5+. The minimum absolute atomic E-state index is 0.252. The van der Waals surface area contributed by atoms with Crippen molar-refractivity contribution >= 4 is 33.8 Å². The van der Waals surface area contributed by atoms with Crippen LogP contribution in [0.2, 0.25) is 0 Å². The third-order valence-corrected chi connectivity index (χ3v) is 4.95. The fraction of sp³-hybridized carbons (Fsp3) is 0.562. The molecule has 0 spiro atoms. The molecule has 2 aromatic rings. The lowest BCUT2D eigenvalue weighted by Crippen LogP contribution is -2.40. The molecule has 0 bridgehead atoms. The normalized spacial score (nSPS) is 16.1. The van der Waals surface area contributed by atoms with E-state index in [1.165, 1.54) is 17.4 Å². The van der Waals surface area contributed by atoms with Gasteiger partial charge in [0.15, 0.2) is 5.65 Å². The van der Waals surface area contributed by atoms with Crippen LogP contribution in [-0.4, -0.2) is 19.1 Å². The molecule has 2 heterocycles. The lowest BCUT2D eigenvalue weighted by Gasteiger charge is -2.08. The van der Waals surface area contributed by atoms with E-state index >= 15 is 0 Å². The van der Waals surface area contributed by atoms with Gasteiger partial charge in [0.25, 0.3) is 5.56 Å². The molecule has 7 heteroatoms. The zero-order valence-corrected chi connectivity index (χ0v) is 15.4. The number of imidazole rings is 1. The number of nitrogens with one attached hydrogen (secondary N) is 1. The van der Waals surface area contributed by atoms with Crippen LogP contribution in [-0.2, 0) is 13.1 Å². The Hall–Kier alpha value is -1.38. The summed E-state index contributed by atoms with van der Waals surface area (Å²) in [6.45, 7) is 2.82. The van der Waals surface area contributed by atoms with Crippen molar-refractivity contribution in [3.8, 4) is 0 Å². The number of allylic oxidation sites excluding steroid dienone is 1. The SMILES string of the molecule is CCCn1c(=O)c2[nH]c(C3CCCC3)nc2n(C/C=C/I)c1=O. The Balaban J connectivity index is 2.23. The summed E-state index contributed by atoms with van der Waals surface area (Å²) in [6, 6.07) is 0. The maximum Gasteiger partial charge on any atom is 0.333 e. The van der Waals surface area contributed by atoms with E-state index in [0.717, 1.165) is 25.1 Å². The number of nitrogens with zero attached hydrogens (tertiary/aromatic N) is 3. The van der Waals surface area contributed by atoms with Crippen molar-refractivity contribution < 1.29 is 0 Å². The predicted molar refractivity (Wildman–Crippen MR) is 99.3 cm³/mol. The van der Waals surface area contributed by atoms with Gasteiger partial charge in [-0.2, -0.15) is 0 Å². The number of fused-ring (bicyclic) bond motifs is 1. The van der Waals surface area contributed by atoms with E-state index in [2.05, 4.69) is 32.6 Å². The van der Waals surface area contributed by atoms with Crippen molar-refractivity contribution in [3.63, 3.8) is 0 Å². The summed E-state index contributed by atoms with van der Waals surface area (Å²) in [7, 11) is 0. The Labute approximate surface area is 147 Å². The molecule has 0 aliphatic heterocycles. The van der Waals surface area contributed by atoms with Crippen molar-refractivity contribution in [2.75, 3.05) is 0 Å². The van der Waals surface area contributed by atoms with Gasteiger partial charge in [-0.25, -0.2) is 9.78 Å². The summed E-state index contributed by atoms with van der Waals surface area (Å²) in [5.41, 5.74) is 0.423. The lowest BCUT2D eigenvalue weighted by molar-refractivity contribution is 0.582. The van der Waals surface area contributed by atoms with E-state index in [9.17, 15) is 9.59 Å². The van der Waals surface area contributed by atoms with E-state index in [-0.39, 0.29) is 11.2 Å². The molecule has 23 heavy (non-hydrogen) atoms. The summed E-state index contributed by atoms with van der Waals surface area (Å²) in [4.78, 5) is 33.2. The van der Waals surface area contributed by atoms with Gasteiger partial charge in [0.1, 0.15) is 11.3 Å². The molecular formula is C16H21IN4O2. The molecule has 1 aliphatic rings. The predicted octanol–water partition coefficient (Wildman–Crippen LogP) is 2.90. The first kappa shape index (κ1) is 16.5. The molecule has 0 radical (unpaired) electrons. The average molecular weight is 428 g/mol. The van der Waals surface area contributed by atoms with Crippen molar-refractivity contribution in [2.24, 2.45) is 0 Å². The summed E-state index contributed by atoms with van der Waals surface area (Å²) in [6.07, 6.45) is 7.23. The summed E-state index contributed by atoms with van der Waals surface area (Å²) in [5.74, 6) is 1.24. The van der Waals surface area contributed by atoms with E-state index in [0.29, 0.717) is 30.2 Å². The highest BCUT2D eigenvalue weighted by atomic mass is 127. The highest BCUT2D eigenvalue weighted by molar-refractivity contribution is 14.1. The molecule has 0 atom stereocenters. The smallest absolute Gasteiger partial charge is 0.333 e. The number of H-pyrrole nitrogens is 1. The highest BCUT2D eigenvalue weighted by Gasteiger charge is 2.23. The number of rotatable bonds is 5. The number of hydrogen-bond acceptors (Lipinski definition) is 3. The van der Waals surface area contributed by atoms with Gasteiger partial charge in [-0.1, -0.05) is 48.4 Å². The van der Waals surface area contributed by atoms with Gasteiger partial charge in [0, 0.05) is 19.0 Å². The van der Waals surface area contributed by atoms with Crippen LogP contribution in [0.3, 0.4) is 0 Å². The number of hydrogen-bond donors (Lipinski definition) is 1. The van der Waals surface area contributed by atoms with Crippen molar-refractivity contribution in [1.29, 1.82) is 0 Å². The van der Waals surface area contributed by atoms with Crippen LogP contribution in [0.25, 0.3) is 11.2 Å². The maximum atomic E-state index is 12.7. The third kappa shape index (κ3) is 3.02. The Morgan fingerprint density at radius 1 is 1.30 bits per heavy atom. The van der Waals surface area contributed by atoms with Gasteiger partial charge in [-0.3, -0.25) is 13.9 Å². The Kier molecular flexibility index (Phi) is 5.03. The molecule has 124 valence electrons. The molecule has 1 N–H and O–H groups in total. The molecule has 3 rings (SSSR count). The monoisotopic (exact) mass is 428 g/mol. The van der Waals surface area contributed by atoms with Crippen LogP contribution in [0.15, 0.2) is 19.7 Å². The van der Waals surface area contributed by atoms with Gasteiger partial charge < -0.3 is 4.98 Å². The summed E-state index contributed by atoms with van der Waals surface area (Å²) < 4.78 is 4.78. The second-order valence-electron chi connectivity index (χ2n) is 6.01. The van der Waals surface area contributed by atoms with Gasteiger partial charge in [0.05, 0.1) is 0 Å². The minimum atomic E-state index is -0.275. The first-order valence-electron chi connectivity index (χ1n) is 8.15. The molecule has 0 saturated heterocycles. The molecule has 0 unspecified atom stereocenters. The average Bonchev–Trinajstić information content (AvgIpc) is 3.20. The van der Waals surface area contributed by atoms with Crippen molar-refractivity contribution in [2.45, 2.75) is 58.0 Å². The first-order valence-corrected chi connectivity index (χ1v) is 9.40. The lowest BCUT2D eigenvalue weighted by atomic mass is 10.1. The van der Waals surface area contributed by atoms with Crippen LogP contribution in [0.5, 0.6) is 0 Å². The second-order valence-corrected chi connectivity index (χ2v) is 6.73. The zero-order valence-electron chi connectivity index (χ0n) is 13.2. The van der Waals surface area contributed by atoms with E-state index < -0.39 is 0 Å². The summed E-state index contributed by atoms with van der Waals surface area (Å²) in [5, 5.41) is 0. The largest absolute Gasteiger partial charge is 0.336 e. The number of aromatic amines is 1.